The first-order valence-corrected chi connectivity index (χ1v) is 3.72. The summed E-state index contributed by atoms with van der Waals surface area (Å²) >= 11 is 0. The van der Waals surface area contributed by atoms with E-state index in [0.717, 1.165) is 0 Å². The summed E-state index contributed by atoms with van der Waals surface area (Å²) in [7, 11) is 0. The van der Waals surface area contributed by atoms with Crippen LogP contribution in [0.25, 0.3) is 0 Å². The molecule has 6 nitrogen and oxygen atoms in total. The minimum absolute atomic E-state index is 0.0358. The third-order valence-electron chi connectivity index (χ3n) is 1.21. The van der Waals surface area contributed by atoms with Crippen LogP contribution in [0, 0.1) is 0 Å². The number of Topliss-reactive ketones (excluding diaryl/α,β-unsaturated/α-hetero) is 1. The van der Waals surface area contributed by atoms with E-state index in [-0.39, 0.29) is 25.2 Å². The maximum absolute atomic E-state index is 10.7. The summed E-state index contributed by atoms with van der Waals surface area (Å²) in [4.78, 5) is 31.5. The zero-order chi connectivity index (χ0) is 10.3. The summed E-state index contributed by atoms with van der Waals surface area (Å²) in [5, 5.41) is 0. The Balaban J connectivity index is 3.52. The highest BCUT2D eigenvalue weighted by Gasteiger charge is 2.07. The molecule has 0 radical (unpaired) electrons. The fraction of sp³-hybridized carbons (Fsp3) is 0.571. The predicted molar refractivity (Wildman–Crippen MR) is 43.4 cm³/mol. The number of carbonyl (C=O) groups is 3. The number of ketones is 1. The first kappa shape index (κ1) is 11.6. The van der Waals surface area contributed by atoms with Crippen LogP contribution in [0.15, 0.2) is 0 Å². The molecule has 0 aromatic heterocycles. The second-order valence-electron chi connectivity index (χ2n) is 2.37. The van der Waals surface area contributed by atoms with Gasteiger partial charge >= 0.3 is 5.97 Å². The molecule has 0 aromatic carbocycles. The molecule has 1 amide bonds. The van der Waals surface area contributed by atoms with Crippen LogP contribution < -0.4 is 11.5 Å². The Morgan fingerprint density at radius 2 is 1.77 bits per heavy atom. The largest absolute Gasteiger partial charge is 0.456 e. The van der Waals surface area contributed by atoms with Gasteiger partial charge < -0.3 is 16.2 Å². The van der Waals surface area contributed by atoms with E-state index in [0.29, 0.717) is 0 Å². The van der Waals surface area contributed by atoms with Gasteiger partial charge in [0, 0.05) is 6.42 Å². The van der Waals surface area contributed by atoms with Crippen molar-refractivity contribution in [2.75, 3.05) is 13.2 Å². The van der Waals surface area contributed by atoms with Gasteiger partial charge in [-0.15, -0.1) is 0 Å². The Morgan fingerprint density at radius 1 is 1.15 bits per heavy atom. The number of primary amides is 1. The van der Waals surface area contributed by atoms with Gasteiger partial charge in [0.2, 0.25) is 0 Å². The first-order chi connectivity index (χ1) is 6.06. The molecule has 0 saturated carbocycles. The third kappa shape index (κ3) is 6.95. The molecule has 0 aliphatic heterocycles. The third-order valence-corrected chi connectivity index (χ3v) is 1.21. The molecular formula is C7H12N2O4. The van der Waals surface area contributed by atoms with E-state index in [2.05, 4.69) is 4.74 Å². The number of esters is 1. The van der Waals surface area contributed by atoms with E-state index in [1.54, 1.807) is 0 Å². The summed E-state index contributed by atoms with van der Waals surface area (Å²) in [6.45, 7) is -0.543. The summed E-state index contributed by atoms with van der Waals surface area (Å²) < 4.78 is 4.39. The van der Waals surface area contributed by atoms with E-state index in [1.807, 2.05) is 0 Å². The average Bonchev–Trinajstić information content (AvgIpc) is 2.10. The van der Waals surface area contributed by atoms with Gasteiger partial charge in [-0.05, 0) is 0 Å². The molecule has 0 fully saturated rings. The summed E-state index contributed by atoms with van der Waals surface area (Å²) in [6.07, 6.45) is -0.0303. The van der Waals surface area contributed by atoms with Crippen molar-refractivity contribution < 1.29 is 19.1 Å². The van der Waals surface area contributed by atoms with Crippen molar-refractivity contribution in [3.63, 3.8) is 0 Å². The van der Waals surface area contributed by atoms with Crippen molar-refractivity contribution in [3.05, 3.63) is 0 Å². The Labute approximate surface area is 75.2 Å². The predicted octanol–water partition coefficient (Wildman–Crippen LogP) is -1.68. The van der Waals surface area contributed by atoms with Crippen LogP contribution in [-0.2, 0) is 19.1 Å². The summed E-state index contributed by atoms with van der Waals surface area (Å²) in [6, 6.07) is 0. The molecule has 0 bridgehead atoms. The highest BCUT2D eigenvalue weighted by molar-refractivity contribution is 5.85. The molecule has 4 N–H and O–H groups in total. The maximum atomic E-state index is 10.7. The quantitative estimate of drug-likeness (QED) is 0.483. The monoisotopic (exact) mass is 188 g/mol. The van der Waals surface area contributed by atoms with Crippen LogP contribution in [0.2, 0.25) is 0 Å². The molecule has 74 valence electrons. The zero-order valence-corrected chi connectivity index (χ0v) is 7.12. The van der Waals surface area contributed by atoms with Crippen molar-refractivity contribution in [1.82, 2.24) is 0 Å². The zero-order valence-electron chi connectivity index (χ0n) is 7.12. The van der Waals surface area contributed by atoms with Crippen molar-refractivity contribution in [2.45, 2.75) is 12.8 Å². The molecule has 0 atom stereocenters. The average molecular weight is 188 g/mol. The van der Waals surface area contributed by atoms with Gasteiger partial charge in [-0.25, -0.2) is 0 Å². The lowest BCUT2D eigenvalue weighted by Gasteiger charge is -2.00. The molecular weight excluding hydrogens is 176 g/mol. The standard InChI is InChI=1S/C7H12N2O4/c8-3-5(10)1-2-7(12)13-4-6(9)11/h1-4,8H2,(H2,9,11). The Morgan fingerprint density at radius 3 is 2.23 bits per heavy atom. The number of carbonyl (C=O) groups excluding carboxylic acids is 3. The van der Waals surface area contributed by atoms with Crippen LogP contribution in [0.4, 0.5) is 0 Å². The van der Waals surface area contributed by atoms with Crippen LogP contribution >= 0.6 is 0 Å². The Hall–Kier alpha value is -1.43. The second-order valence-corrected chi connectivity index (χ2v) is 2.37. The highest BCUT2D eigenvalue weighted by Crippen LogP contribution is 1.93. The van der Waals surface area contributed by atoms with E-state index in [4.69, 9.17) is 11.5 Å². The van der Waals surface area contributed by atoms with Crippen molar-refractivity contribution in [2.24, 2.45) is 11.5 Å². The molecule has 6 heteroatoms. The molecule has 0 aliphatic carbocycles. The second kappa shape index (κ2) is 6.13. The summed E-state index contributed by atoms with van der Waals surface area (Å²) in [5.41, 5.74) is 9.72. The van der Waals surface area contributed by atoms with Gasteiger partial charge in [-0.1, -0.05) is 0 Å². The van der Waals surface area contributed by atoms with Crippen LogP contribution in [0.5, 0.6) is 0 Å². The molecule has 0 spiro atoms. The lowest BCUT2D eigenvalue weighted by Crippen LogP contribution is -2.21. The van der Waals surface area contributed by atoms with E-state index >= 15 is 0 Å². The number of ether oxygens (including phenoxy) is 1. The van der Waals surface area contributed by atoms with Crippen LogP contribution in [0.3, 0.4) is 0 Å². The van der Waals surface area contributed by atoms with Crippen LogP contribution in [0.1, 0.15) is 12.8 Å². The number of nitrogens with two attached hydrogens (primary N) is 2. The minimum Gasteiger partial charge on any atom is -0.456 e. The van der Waals surface area contributed by atoms with Gasteiger partial charge in [-0.2, -0.15) is 0 Å². The number of hydrogen-bond acceptors (Lipinski definition) is 5. The molecule has 0 aromatic rings. The summed E-state index contributed by atoms with van der Waals surface area (Å²) in [5.74, 6) is -1.57. The van der Waals surface area contributed by atoms with Gasteiger partial charge in [0.05, 0.1) is 13.0 Å². The van der Waals surface area contributed by atoms with Gasteiger partial charge in [-0.3, -0.25) is 14.4 Å². The Kier molecular flexibility index (Phi) is 5.45. The van der Waals surface area contributed by atoms with Crippen LogP contribution in [-0.4, -0.2) is 30.8 Å². The lowest BCUT2D eigenvalue weighted by molar-refractivity contribution is -0.148. The number of amides is 1. The van der Waals surface area contributed by atoms with Gasteiger partial charge in [0.15, 0.2) is 6.61 Å². The SMILES string of the molecule is NCC(=O)CCC(=O)OCC(N)=O. The van der Waals surface area contributed by atoms with E-state index in [1.165, 1.54) is 0 Å². The topological polar surface area (TPSA) is 112 Å². The fourth-order valence-electron chi connectivity index (χ4n) is 0.567. The highest BCUT2D eigenvalue weighted by atomic mass is 16.5. The lowest BCUT2D eigenvalue weighted by atomic mass is 10.2. The molecule has 0 rings (SSSR count). The minimum atomic E-state index is -0.724. The maximum Gasteiger partial charge on any atom is 0.306 e. The smallest absolute Gasteiger partial charge is 0.306 e. The molecule has 0 heterocycles. The van der Waals surface area contributed by atoms with Crippen molar-refractivity contribution in [3.8, 4) is 0 Å². The molecule has 0 unspecified atom stereocenters. The van der Waals surface area contributed by atoms with Crippen molar-refractivity contribution >= 4 is 17.7 Å². The van der Waals surface area contributed by atoms with Gasteiger partial charge in [0.25, 0.3) is 5.91 Å². The molecule has 0 aliphatic rings. The van der Waals surface area contributed by atoms with E-state index in [9.17, 15) is 14.4 Å². The van der Waals surface area contributed by atoms with Gasteiger partial charge in [0.1, 0.15) is 5.78 Å². The van der Waals surface area contributed by atoms with Crippen molar-refractivity contribution in [1.29, 1.82) is 0 Å². The number of hydrogen-bond donors (Lipinski definition) is 2. The normalized spacial score (nSPS) is 9.31. The number of rotatable bonds is 6. The fourth-order valence-corrected chi connectivity index (χ4v) is 0.567. The Bertz CT molecular complexity index is 215. The molecule has 13 heavy (non-hydrogen) atoms. The first-order valence-electron chi connectivity index (χ1n) is 3.72. The molecule has 0 saturated heterocycles. The van der Waals surface area contributed by atoms with E-state index < -0.39 is 18.5 Å².